The highest BCUT2D eigenvalue weighted by Crippen LogP contribution is 2.28. The highest BCUT2D eigenvalue weighted by molar-refractivity contribution is 7.98. The van der Waals surface area contributed by atoms with Crippen LogP contribution in [0.25, 0.3) is 16.6 Å². The molecule has 0 N–H and O–H groups in total. The summed E-state index contributed by atoms with van der Waals surface area (Å²) in [6.07, 6.45) is 5.95. The highest BCUT2D eigenvalue weighted by atomic mass is 32.2. The number of imidazole rings is 1. The van der Waals surface area contributed by atoms with E-state index in [-0.39, 0.29) is 0 Å². The molecule has 0 radical (unpaired) electrons. The lowest BCUT2D eigenvalue weighted by molar-refractivity contribution is 1.18. The zero-order chi connectivity index (χ0) is 14.1. The van der Waals surface area contributed by atoms with E-state index in [1.165, 1.54) is 10.3 Å². The van der Waals surface area contributed by atoms with Gasteiger partial charge in [0.05, 0.1) is 11.2 Å². The highest BCUT2D eigenvalue weighted by Gasteiger charge is 2.05. The fourth-order valence-electron chi connectivity index (χ4n) is 2.40. The molecule has 0 spiro atoms. The minimum absolute atomic E-state index is 0.845. The van der Waals surface area contributed by atoms with Crippen LogP contribution in [-0.2, 0) is 5.75 Å². The van der Waals surface area contributed by atoms with Gasteiger partial charge in [-0.15, -0.1) is 11.8 Å². The van der Waals surface area contributed by atoms with Gasteiger partial charge in [0.25, 0.3) is 0 Å². The second-order valence-electron chi connectivity index (χ2n) is 4.82. The number of rotatable bonds is 3. The second-order valence-corrected chi connectivity index (χ2v) is 5.84. The van der Waals surface area contributed by atoms with Gasteiger partial charge >= 0.3 is 0 Å². The first-order valence-electron chi connectivity index (χ1n) is 6.79. The molecule has 3 nitrogen and oxygen atoms in total. The van der Waals surface area contributed by atoms with Crippen LogP contribution in [0.3, 0.4) is 0 Å². The molecule has 0 unspecified atom stereocenters. The van der Waals surface area contributed by atoms with Gasteiger partial charge in [0.1, 0.15) is 5.65 Å². The molecule has 0 amide bonds. The van der Waals surface area contributed by atoms with Crippen molar-refractivity contribution in [3.8, 4) is 0 Å². The summed E-state index contributed by atoms with van der Waals surface area (Å²) in [5, 5.41) is 1.18. The Kier molecular flexibility index (Phi) is 3.09. The Bertz CT molecular complexity index is 876. The number of para-hydroxylation sites is 1. The SMILES string of the molecule is c1cnc2c(SCc3cn4ccccc4n3)cccc2c1. The quantitative estimate of drug-likeness (QED) is 0.531. The summed E-state index contributed by atoms with van der Waals surface area (Å²) in [7, 11) is 0. The molecular weight excluding hydrogens is 278 g/mol. The molecule has 0 bridgehead atoms. The minimum atomic E-state index is 0.845. The number of hydrogen-bond donors (Lipinski definition) is 0. The van der Waals surface area contributed by atoms with Gasteiger partial charge in [-0.1, -0.05) is 24.3 Å². The lowest BCUT2D eigenvalue weighted by Crippen LogP contribution is -1.84. The maximum atomic E-state index is 4.63. The lowest BCUT2D eigenvalue weighted by Gasteiger charge is -2.03. The van der Waals surface area contributed by atoms with Gasteiger partial charge < -0.3 is 4.40 Å². The molecule has 0 saturated heterocycles. The van der Waals surface area contributed by atoms with Crippen molar-refractivity contribution < 1.29 is 0 Å². The molecule has 0 saturated carbocycles. The van der Waals surface area contributed by atoms with Crippen molar-refractivity contribution in [1.82, 2.24) is 14.4 Å². The van der Waals surface area contributed by atoms with Crippen LogP contribution in [-0.4, -0.2) is 14.4 Å². The second kappa shape index (κ2) is 5.22. The predicted octanol–water partition coefficient (Wildman–Crippen LogP) is 4.17. The molecule has 0 fully saturated rings. The van der Waals surface area contributed by atoms with Crippen LogP contribution in [0.2, 0.25) is 0 Å². The van der Waals surface area contributed by atoms with Gasteiger partial charge in [-0.25, -0.2) is 4.98 Å². The fraction of sp³-hybridized carbons (Fsp3) is 0.0588. The monoisotopic (exact) mass is 291 g/mol. The van der Waals surface area contributed by atoms with E-state index in [1.54, 1.807) is 11.8 Å². The molecule has 4 rings (SSSR count). The Morgan fingerprint density at radius 3 is 2.90 bits per heavy atom. The third-order valence-electron chi connectivity index (χ3n) is 3.39. The van der Waals surface area contributed by atoms with E-state index >= 15 is 0 Å². The van der Waals surface area contributed by atoms with Crippen LogP contribution in [0, 0.1) is 0 Å². The van der Waals surface area contributed by atoms with E-state index < -0.39 is 0 Å². The molecule has 0 aliphatic carbocycles. The Balaban J connectivity index is 1.63. The summed E-state index contributed by atoms with van der Waals surface area (Å²) in [4.78, 5) is 10.3. The fourth-order valence-corrected chi connectivity index (χ4v) is 3.33. The summed E-state index contributed by atoms with van der Waals surface area (Å²) < 4.78 is 2.05. The van der Waals surface area contributed by atoms with Gasteiger partial charge in [-0.2, -0.15) is 0 Å². The van der Waals surface area contributed by atoms with E-state index in [4.69, 9.17) is 0 Å². The Morgan fingerprint density at radius 2 is 1.95 bits per heavy atom. The van der Waals surface area contributed by atoms with Crippen molar-refractivity contribution in [3.63, 3.8) is 0 Å². The number of fused-ring (bicyclic) bond motifs is 2. The molecule has 0 aliphatic heterocycles. The Morgan fingerprint density at radius 1 is 1.00 bits per heavy atom. The summed E-state index contributed by atoms with van der Waals surface area (Å²) in [6, 6.07) is 16.4. The van der Waals surface area contributed by atoms with Gasteiger partial charge in [0.2, 0.25) is 0 Å². The molecule has 1 aromatic carbocycles. The third-order valence-corrected chi connectivity index (χ3v) is 4.47. The maximum absolute atomic E-state index is 4.63. The normalized spacial score (nSPS) is 11.2. The van der Waals surface area contributed by atoms with Crippen molar-refractivity contribution in [3.05, 3.63) is 72.8 Å². The molecule has 3 aromatic heterocycles. The topological polar surface area (TPSA) is 30.2 Å². The van der Waals surface area contributed by atoms with Crippen molar-refractivity contribution in [2.75, 3.05) is 0 Å². The van der Waals surface area contributed by atoms with Gasteiger partial charge in [-0.3, -0.25) is 4.98 Å². The molecular formula is C17H13N3S. The van der Waals surface area contributed by atoms with Gasteiger partial charge in [-0.05, 0) is 24.3 Å². The van der Waals surface area contributed by atoms with Crippen molar-refractivity contribution >= 4 is 28.3 Å². The first-order chi connectivity index (χ1) is 10.4. The van der Waals surface area contributed by atoms with Crippen molar-refractivity contribution in [1.29, 1.82) is 0 Å². The Hall–Kier alpha value is -2.33. The largest absolute Gasteiger partial charge is 0.307 e. The molecule has 102 valence electrons. The van der Waals surface area contributed by atoms with Crippen LogP contribution in [0.15, 0.2) is 72.0 Å². The molecule has 4 aromatic rings. The van der Waals surface area contributed by atoms with E-state index in [9.17, 15) is 0 Å². The van der Waals surface area contributed by atoms with Gasteiger partial charge in [0, 0.05) is 34.6 Å². The predicted molar refractivity (Wildman–Crippen MR) is 86.5 cm³/mol. The van der Waals surface area contributed by atoms with Gasteiger partial charge in [0.15, 0.2) is 0 Å². The molecule has 21 heavy (non-hydrogen) atoms. The number of pyridine rings is 2. The van der Waals surface area contributed by atoms with E-state index in [2.05, 4.69) is 44.8 Å². The molecule has 4 heteroatoms. The van der Waals surface area contributed by atoms with Crippen LogP contribution in [0.1, 0.15) is 5.69 Å². The zero-order valence-corrected chi connectivity index (χ0v) is 12.1. The van der Waals surface area contributed by atoms with Crippen molar-refractivity contribution in [2.24, 2.45) is 0 Å². The molecule has 0 atom stereocenters. The summed E-state index contributed by atoms with van der Waals surface area (Å²) in [5.41, 5.74) is 3.14. The van der Waals surface area contributed by atoms with E-state index in [1.807, 2.05) is 36.7 Å². The average molecular weight is 291 g/mol. The smallest absolute Gasteiger partial charge is 0.137 e. The Labute approximate surface area is 126 Å². The lowest BCUT2D eigenvalue weighted by atomic mass is 10.2. The van der Waals surface area contributed by atoms with Crippen molar-refractivity contribution in [2.45, 2.75) is 10.6 Å². The first kappa shape index (κ1) is 12.4. The standard InChI is InChI=1S/C17H13N3S/c1-2-10-20-11-14(19-16(20)8-1)12-21-15-7-3-5-13-6-4-9-18-17(13)15/h1-11H,12H2. The summed E-state index contributed by atoms with van der Waals surface area (Å²) in [6.45, 7) is 0. The first-order valence-corrected chi connectivity index (χ1v) is 7.78. The van der Waals surface area contributed by atoms with Crippen LogP contribution in [0.5, 0.6) is 0 Å². The number of hydrogen-bond acceptors (Lipinski definition) is 3. The van der Waals surface area contributed by atoms with E-state index in [0.717, 1.165) is 22.6 Å². The number of nitrogens with zero attached hydrogens (tertiary/aromatic N) is 3. The maximum Gasteiger partial charge on any atom is 0.137 e. The number of benzene rings is 1. The number of thioether (sulfide) groups is 1. The average Bonchev–Trinajstić information content (AvgIpc) is 2.96. The summed E-state index contributed by atoms with van der Waals surface area (Å²) in [5.74, 6) is 0.845. The molecule has 3 heterocycles. The zero-order valence-electron chi connectivity index (χ0n) is 11.3. The van der Waals surface area contributed by atoms with E-state index in [0.29, 0.717) is 0 Å². The number of aromatic nitrogens is 3. The molecule has 0 aliphatic rings. The van der Waals surface area contributed by atoms with Crippen LogP contribution < -0.4 is 0 Å². The third kappa shape index (κ3) is 2.38. The van der Waals surface area contributed by atoms with Crippen LogP contribution >= 0.6 is 11.8 Å². The summed E-state index contributed by atoms with van der Waals surface area (Å²) >= 11 is 1.78. The minimum Gasteiger partial charge on any atom is -0.307 e. The van der Waals surface area contributed by atoms with Crippen LogP contribution in [0.4, 0.5) is 0 Å².